The molecule has 0 aliphatic heterocycles. The maximum atomic E-state index is 12.1. The van der Waals surface area contributed by atoms with Gasteiger partial charge >= 0.3 is 0 Å². The molecule has 0 aliphatic rings. The third-order valence-electron chi connectivity index (χ3n) is 3.65. The molecule has 2 rings (SSSR count). The van der Waals surface area contributed by atoms with Crippen molar-refractivity contribution in [2.24, 2.45) is 5.10 Å². The second kappa shape index (κ2) is 9.63. The number of phenols is 1. The van der Waals surface area contributed by atoms with Gasteiger partial charge in [-0.3, -0.25) is 4.79 Å². The van der Waals surface area contributed by atoms with Gasteiger partial charge in [-0.1, -0.05) is 12.1 Å². The molecule has 0 unspecified atom stereocenters. The van der Waals surface area contributed by atoms with Crippen molar-refractivity contribution in [3.8, 4) is 11.5 Å². The minimum atomic E-state index is -1.13. The number of hydrogen-bond acceptors (Lipinski definition) is 7. The number of amides is 1. The fourth-order valence-electron chi connectivity index (χ4n) is 2.29. The molecule has 142 valence electrons. The Bertz CT molecular complexity index is 867. The standard InChI is InChI=1S/C19H20N2O5S/c1-12(20-21-19(25)15-5-3-4-6-16(15)22)13-7-8-17(26-2)14(9-13)10-27-11-18(23)24/h3-9,22H,10-11H2,1-2H3,(H,21,25)(H,23,24)/p-1/b20-12-. The maximum Gasteiger partial charge on any atom is 0.275 e. The summed E-state index contributed by atoms with van der Waals surface area (Å²) in [6.07, 6.45) is 0. The van der Waals surface area contributed by atoms with Crippen molar-refractivity contribution < 1.29 is 24.5 Å². The predicted octanol–water partition coefficient (Wildman–Crippen LogP) is 1.54. The van der Waals surface area contributed by atoms with E-state index in [9.17, 15) is 19.8 Å². The van der Waals surface area contributed by atoms with E-state index in [2.05, 4.69) is 10.5 Å². The molecule has 2 aromatic carbocycles. The molecule has 0 fully saturated rings. The lowest BCUT2D eigenvalue weighted by atomic mass is 10.1. The van der Waals surface area contributed by atoms with Crippen molar-refractivity contribution in [1.82, 2.24) is 5.43 Å². The molecule has 2 aromatic rings. The molecule has 0 bridgehead atoms. The van der Waals surface area contributed by atoms with Crippen LogP contribution >= 0.6 is 11.8 Å². The Morgan fingerprint density at radius 1 is 1.26 bits per heavy atom. The molecule has 1 amide bonds. The topological polar surface area (TPSA) is 111 Å². The monoisotopic (exact) mass is 387 g/mol. The largest absolute Gasteiger partial charge is 0.549 e. The van der Waals surface area contributed by atoms with Gasteiger partial charge in [0.05, 0.1) is 24.4 Å². The van der Waals surface area contributed by atoms with Crippen molar-refractivity contribution in [3.05, 3.63) is 59.2 Å². The third kappa shape index (κ3) is 5.75. The SMILES string of the molecule is COc1ccc(/C(C)=N\NC(=O)c2ccccc2O)cc1CSCC(=O)[O-]. The molecule has 2 N–H and O–H groups in total. The summed E-state index contributed by atoms with van der Waals surface area (Å²) in [5.41, 5.74) is 4.64. The van der Waals surface area contributed by atoms with Crippen LogP contribution in [0.15, 0.2) is 47.6 Å². The highest BCUT2D eigenvalue weighted by atomic mass is 32.2. The number of methoxy groups -OCH3 is 1. The number of carboxylic acid groups (broad SMARTS) is 1. The van der Waals surface area contributed by atoms with Crippen molar-refractivity contribution in [2.45, 2.75) is 12.7 Å². The van der Waals surface area contributed by atoms with Crippen molar-refractivity contribution in [3.63, 3.8) is 0 Å². The molecule has 0 atom stereocenters. The molecular weight excluding hydrogens is 368 g/mol. The van der Waals surface area contributed by atoms with Crippen LogP contribution in [0.1, 0.15) is 28.4 Å². The molecule has 0 saturated carbocycles. The predicted molar refractivity (Wildman–Crippen MR) is 102 cm³/mol. The number of hydrogen-bond donors (Lipinski definition) is 2. The number of nitrogens with one attached hydrogen (secondary N) is 1. The van der Waals surface area contributed by atoms with Crippen LogP contribution in [-0.2, 0) is 10.5 Å². The van der Waals surface area contributed by atoms with Gasteiger partial charge in [0, 0.05) is 17.1 Å². The highest BCUT2D eigenvalue weighted by Gasteiger charge is 2.10. The summed E-state index contributed by atoms with van der Waals surface area (Å²) >= 11 is 1.20. The third-order valence-corrected chi connectivity index (χ3v) is 4.60. The van der Waals surface area contributed by atoms with E-state index in [-0.39, 0.29) is 17.1 Å². The van der Waals surface area contributed by atoms with Gasteiger partial charge in [0.15, 0.2) is 0 Å². The molecule has 0 saturated heterocycles. The molecular formula is C19H19N2O5S-. The van der Waals surface area contributed by atoms with Crippen LogP contribution in [0, 0.1) is 0 Å². The zero-order valence-electron chi connectivity index (χ0n) is 14.9. The number of carboxylic acids is 1. The number of aliphatic carboxylic acids is 1. The minimum absolute atomic E-state index is 0.114. The lowest BCUT2D eigenvalue weighted by Crippen LogP contribution is -2.24. The number of aromatic hydroxyl groups is 1. The second-order valence-electron chi connectivity index (χ2n) is 5.55. The number of thioether (sulfide) groups is 1. The normalized spacial score (nSPS) is 11.1. The number of para-hydroxylation sites is 1. The average molecular weight is 387 g/mol. The lowest BCUT2D eigenvalue weighted by Gasteiger charge is -2.11. The van der Waals surface area contributed by atoms with E-state index in [1.807, 2.05) is 6.07 Å². The molecule has 8 heteroatoms. The van der Waals surface area contributed by atoms with E-state index < -0.39 is 11.9 Å². The van der Waals surface area contributed by atoms with Crippen LogP contribution in [0.3, 0.4) is 0 Å². The highest BCUT2D eigenvalue weighted by molar-refractivity contribution is 7.99. The number of rotatable bonds is 8. The molecule has 0 spiro atoms. The van der Waals surface area contributed by atoms with Crippen molar-refractivity contribution >= 4 is 29.4 Å². The van der Waals surface area contributed by atoms with E-state index in [1.165, 1.54) is 31.0 Å². The summed E-state index contributed by atoms with van der Waals surface area (Å²) in [6.45, 7) is 1.73. The van der Waals surface area contributed by atoms with Gasteiger partial charge in [-0.2, -0.15) is 16.9 Å². The smallest absolute Gasteiger partial charge is 0.275 e. The van der Waals surface area contributed by atoms with Crippen LogP contribution in [-0.4, -0.2) is 35.6 Å². The first kappa shape index (κ1) is 20.3. The molecule has 0 aromatic heterocycles. The van der Waals surface area contributed by atoms with Gasteiger partial charge in [-0.15, -0.1) is 0 Å². The molecule has 0 aliphatic carbocycles. The Hall–Kier alpha value is -3.00. The van der Waals surface area contributed by atoms with Gasteiger partial charge in [-0.25, -0.2) is 5.43 Å². The van der Waals surface area contributed by atoms with Gasteiger partial charge in [0.1, 0.15) is 11.5 Å². The Balaban J connectivity index is 2.13. The summed E-state index contributed by atoms with van der Waals surface area (Å²) in [6, 6.07) is 11.6. The van der Waals surface area contributed by atoms with E-state index in [4.69, 9.17) is 4.74 Å². The number of ether oxygens (including phenoxy) is 1. The average Bonchev–Trinajstić information content (AvgIpc) is 2.65. The van der Waals surface area contributed by atoms with E-state index in [0.29, 0.717) is 17.2 Å². The van der Waals surface area contributed by atoms with E-state index >= 15 is 0 Å². The number of hydrazone groups is 1. The number of carbonyl (C=O) groups excluding carboxylic acids is 2. The Morgan fingerprint density at radius 2 is 2.00 bits per heavy atom. The number of nitrogens with zero attached hydrogens (tertiary/aromatic N) is 1. The summed E-state index contributed by atoms with van der Waals surface area (Å²) in [7, 11) is 1.54. The quantitative estimate of drug-likeness (QED) is 0.525. The van der Waals surface area contributed by atoms with E-state index in [0.717, 1.165) is 11.1 Å². The zero-order chi connectivity index (χ0) is 19.8. The number of phenolic OH excluding ortho intramolecular Hbond substituents is 1. The van der Waals surface area contributed by atoms with Crippen molar-refractivity contribution in [2.75, 3.05) is 12.9 Å². The maximum absolute atomic E-state index is 12.1. The lowest BCUT2D eigenvalue weighted by molar-refractivity contribution is -0.301. The molecule has 0 heterocycles. The summed E-state index contributed by atoms with van der Waals surface area (Å²) in [5, 5.41) is 24.3. The first-order chi connectivity index (χ1) is 12.9. The second-order valence-corrected chi connectivity index (χ2v) is 6.53. The highest BCUT2D eigenvalue weighted by Crippen LogP contribution is 2.25. The summed E-state index contributed by atoms with van der Waals surface area (Å²) in [4.78, 5) is 22.7. The van der Waals surface area contributed by atoms with Crippen LogP contribution in [0.25, 0.3) is 0 Å². The van der Waals surface area contributed by atoms with E-state index in [1.54, 1.807) is 31.2 Å². The van der Waals surface area contributed by atoms with Crippen LogP contribution in [0.4, 0.5) is 0 Å². The molecule has 7 nitrogen and oxygen atoms in total. The minimum Gasteiger partial charge on any atom is -0.549 e. The summed E-state index contributed by atoms with van der Waals surface area (Å²) in [5.74, 6) is -0.819. The van der Waals surface area contributed by atoms with Crippen LogP contribution in [0.2, 0.25) is 0 Å². The molecule has 27 heavy (non-hydrogen) atoms. The van der Waals surface area contributed by atoms with Crippen molar-refractivity contribution in [1.29, 1.82) is 0 Å². The first-order valence-corrected chi connectivity index (χ1v) is 9.15. The van der Waals surface area contributed by atoms with Crippen LogP contribution < -0.4 is 15.3 Å². The van der Waals surface area contributed by atoms with Gasteiger partial charge in [0.2, 0.25) is 0 Å². The number of carbonyl (C=O) groups is 2. The van der Waals surface area contributed by atoms with Gasteiger partial charge in [-0.05, 0) is 42.8 Å². The molecule has 0 radical (unpaired) electrons. The Labute approximate surface area is 161 Å². The Kier molecular flexibility index (Phi) is 7.25. The number of benzene rings is 2. The van der Waals surface area contributed by atoms with Gasteiger partial charge < -0.3 is 19.7 Å². The zero-order valence-corrected chi connectivity index (χ0v) is 15.7. The van der Waals surface area contributed by atoms with Crippen LogP contribution in [0.5, 0.6) is 11.5 Å². The van der Waals surface area contributed by atoms with Gasteiger partial charge in [0.25, 0.3) is 5.91 Å². The summed E-state index contributed by atoms with van der Waals surface area (Å²) < 4.78 is 5.29. The fraction of sp³-hybridized carbons (Fsp3) is 0.211. The first-order valence-electron chi connectivity index (χ1n) is 8.00. The fourth-order valence-corrected chi connectivity index (χ4v) is 3.00. The Morgan fingerprint density at radius 3 is 2.67 bits per heavy atom.